The van der Waals surface area contributed by atoms with Gasteiger partial charge < -0.3 is 4.74 Å². The molecule has 88 valence electrons. The summed E-state index contributed by atoms with van der Waals surface area (Å²) in [6, 6.07) is 6.20. The average molecular weight is 220 g/mol. The van der Waals surface area contributed by atoms with Crippen LogP contribution in [-0.4, -0.2) is 12.9 Å². The third-order valence-electron chi connectivity index (χ3n) is 2.82. The number of carbonyl (C=O) groups excluding carboxylic acids is 1. The topological polar surface area (TPSA) is 26.3 Å². The van der Waals surface area contributed by atoms with Crippen LogP contribution in [0.25, 0.3) is 0 Å². The Morgan fingerprint density at radius 3 is 2.62 bits per heavy atom. The quantitative estimate of drug-likeness (QED) is 0.736. The second-order valence-electron chi connectivity index (χ2n) is 3.89. The van der Waals surface area contributed by atoms with Crippen LogP contribution in [0.5, 0.6) is 5.75 Å². The largest absolute Gasteiger partial charge is 0.496 e. The summed E-state index contributed by atoms with van der Waals surface area (Å²) < 4.78 is 5.30. The summed E-state index contributed by atoms with van der Waals surface area (Å²) in [5, 5.41) is 0. The Morgan fingerprint density at radius 2 is 2.06 bits per heavy atom. The van der Waals surface area contributed by atoms with E-state index < -0.39 is 0 Å². The minimum absolute atomic E-state index is 0.309. The van der Waals surface area contributed by atoms with Crippen molar-refractivity contribution in [3.63, 3.8) is 0 Å². The highest BCUT2D eigenvalue weighted by Gasteiger charge is 2.06. The second-order valence-corrected chi connectivity index (χ2v) is 3.89. The molecule has 0 radical (unpaired) electrons. The minimum Gasteiger partial charge on any atom is -0.496 e. The highest BCUT2D eigenvalue weighted by molar-refractivity contribution is 5.78. The van der Waals surface area contributed by atoms with E-state index in [2.05, 4.69) is 19.1 Å². The standard InChI is InChI=1S/C14H20O2/c1-4-11-6-9-14(16-3)12(10-11)7-8-13(15)5-2/h6,9-10H,4-5,7-8H2,1-3H3. The molecule has 0 aliphatic heterocycles. The fourth-order valence-corrected chi connectivity index (χ4v) is 1.70. The number of rotatable bonds is 6. The van der Waals surface area contributed by atoms with Crippen molar-refractivity contribution in [2.75, 3.05) is 7.11 Å². The number of hydrogen-bond donors (Lipinski definition) is 0. The molecule has 0 amide bonds. The Morgan fingerprint density at radius 1 is 1.31 bits per heavy atom. The van der Waals surface area contributed by atoms with Gasteiger partial charge in [0.15, 0.2) is 0 Å². The number of carbonyl (C=O) groups is 1. The van der Waals surface area contributed by atoms with Crippen LogP contribution < -0.4 is 4.74 Å². The molecule has 0 aliphatic rings. The summed E-state index contributed by atoms with van der Waals surface area (Å²) in [5.41, 5.74) is 2.43. The second kappa shape index (κ2) is 6.31. The van der Waals surface area contributed by atoms with Crippen LogP contribution in [-0.2, 0) is 17.6 Å². The lowest BCUT2D eigenvalue weighted by Gasteiger charge is -2.09. The summed E-state index contributed by atoms with van der Waals surface area (Å²) >= 11 is 0. The lowest BCUT2D eigenvalue weighted by atomic mass is 10.0. The molecule has 16 heavy (non-hydrogen) atoms. The summed E-state index contributed by atoms with van der Waals surface area (Å²) in [7, 11) is 1.67. The van der Waals surface area contributed by atoms with Gasteiger partial charge in [-0.15, -0.1) is 0 Å². The molecule has 0 bridgehead atoms. The molecule has 0 saturated carbocycles. The number of ether oxygens (including phenoxy) is 1. The third kappa shape index (κ3) is 3.37. The van der Waals surface area contributed by atoms with Crippen LogP contribution in [0.4, 0.5) is 0 Å². The summed E-state index contributed by atoms with van der Waals surface area (Å²) in [6.45, 7) is 4.03. The van der Waals surface area contributed by atoms with Gasteiger partial charge in [0.05, 0.1) is 7.11 Å². The number of methoxy groups -OCH3 is 1. The zero-order chi connectivity index (χ0) is 12.0. The van der Waals surface area contributed by atoms with Crippen molar-refractivity contribution in [1.82, 2.24) is 0 Å². The van der Waals surface area contributed by atoms with Crippen LogP contribution in [0.2, 0.25) is 0 Å². The average Bonchev–Trinajstić information content (AvgIpc) is 2.35. The van der Waals surface area contributed by atoms with E-state index in [0.717, 1.165) is 24.2 Å². The molecule has 0 aromatic heterocycles. The van der Waals surface area contributed by atoms with Crippen LogP contribution in [0.1, 0.15) is 37.8 Å². The van der Waals surface area contributed by atoms with E-state index in [-0.39, 0.29) is 0 Å². The molecule has 0 fully saturated rings. The number of hydrogen-bond acceptors (Lipinski definition) is 2. The van der Waals surface area contributed by atoms with Gasteiger partial charge in [-0.2, -0.15) is 0 Å². The molecular weight excluding hydrogens is 200 g/mol. The molecular formula is C14H20O2. The molecule has 0 atom stereocenters. The zero-order valence-electron chi connectivity index (χ0n) is 10.4. The fraction of sp³-hybridized carbons (Fsp3) is 0.500. The van der Waals surface area contributed by atoms with Gasteiger partial charge in [0, 0.05) is 12.8 Å². The Labute approximate surface area is 97.6 Å². The van der Waals surface area contributed by atoms with E-state index in [9.17, 15) is 4.79 Å². The first-order valence-corrected chi connectivity index (χ1v) is 5.88. The molecule has 2 heteroatoms. The van der Waals surface area contributed by atoms with Gasteiger partial charge in [-0.3, -0.25) is 4.79 Å². The number of ketones is 1. The van der Waals surface area contributed by atoms with E-state index in [4.69, 9.17) is 4.74 Å². The Kier molecular flexibility index (Phi) is 5.03. The molecule has 1 rings (SSSR count). The van der Waals surface area contributed by atoms with Crippen molar-refractivity contribution in [3.8, 4) is 5.75 Å². The molecule has 0 saturated heterocycles. The van der Waals surface area contributed by atoms with Crippen molar-refractivity contribution >= 4 is 5.78 Å². The first-order chi connectivity index (χ1) is 7.71. The SMILES string of the molecule is CCC(=O)CCc1cc(CC)ccc1OC. The van der Waals surface area contributed by atoms with Gasteiger partial charge in [-0.25, -0.2) is 0 Å². The molecule has 2 nitrogen and oxygen atoms in total. The van der Waals surface area contributed by atoms with Gasteiger partial charge in [-0.1, -0.05) is 26.0 Å². The summed E-state index contributed by atoms with van der Waals surface area (Å²) in [4.78, 5) is 11.3. The lowest BCUT2D eigenvalue weighted by molar-refractivity contribution is -0.118. The van der Waals surface area contributed by atoms with Crippen LogP contribution in [0, 0.1) is 0 Å². The normalized spacial score (nSPS) is 10.2. The maximum Gasteiger partial charge on any atom is 0.132 e. The van der Waals surface area contributed by atoms with Gasteiger partial charge in [0.2, 0.25) is 0 Å². The van der Waals surface area contributed by atoms with Crippen LogP contribution in [0.3, 0.4) is 0 Å². The molecule has 0 unspecified atom stereocenters. The van der Waals surface area contributed by atoms with Gasteiger partial charge in [0.1, 0.15) is 11.5 Å². The molecule has 0 aliphatic carbocycles. The number of aryl methyl sites for hydroxylation is 2. The van der Waals surface area contributed by atoms with Crippen molar-refractivity contribution in [1.29, 1.82) is 0 Å². The van der Waals surface area contributed by atoms with E-state index in [1.165, 1.54) is 5.56 Å². The van der Waals surface area contributed by atoms with Gasteiger partial charge >= 0.3 is 0 Å². The first-order valence-electron chi connectivity index (χ1n) is 5.88. The van der Waals surface area contributed by atoms with Crippen molar-refractivity contribution < 1.29 is 9.53 Å². The predicted molar refractivity (Wildman–Crippen MR) is 66.0 cm³/mol. The minimum atomic E-state index is 0.309. The molecule has 0 spiro atoms. The molecule has 1 aromatic rings. The smallest absolute Gasteiger partial charge is 0.132 e. The number of benzene rings is 1. The van der Waals surface area contributed by atoms with E-state index in [1.54, 1.807) is 7.11 Å². The maximum atomic E-state index is 11.3. The van der Waals surface area contributed by atoms with Gasteiger partial charge in [-0.05, 0) is 30.0 Å². The monoisotopic (exact) mass is 220 g/mol. The van der Waals surface area contributed by atoms with Crippen molar-refractivity contribution in [3.05, 3.63) is 29.3 Å². The lowest BCUT2D eigenvalue weighted by Crippen LogP contribution is -2.00. The highest BCUT2D eigenvalue weighted by atomic mass is 16.5. The zero-order valence-corrected chi connectivity index (χ0v) is 10.4. The fourth-order valence-electron chi connectivity index (χ4n) is 1.70. The highest BCUT2D eigenvalue weighted by Crippen LogP contribution is 2.21. The Bertz CT molecular complexity index is 356. The van der Waals surface area contributed by atoms with Crippen molar-refractivity contribution in [2.24, 2.45) is 0 Å². The Hall–Kier alpha value is -1.31. The van der Waals surface area contributed by atoms with Crippen molar-refractivity contribution in [2.45, 2.75) is 39.5 Å². The van der Waals surface area contributed by atoms with Crippen LogP contribution in [0.15, 0.2) is 18.2 Å². The molecule has 0 heterocycles. The summed E-state index contributed by atoms with van der Waals surface area (Å²) in [5.74, 6) is 1.20. The molecule has 0 N–H and O–H groups in total. The number of Topliss-reactive ketones (excluding diaryl/α,β-unsaturated/α-hetero) is 1. The Balaban J connectivity index is 2.78. The third-order valence-corrected chi connectivity index (χ3v) is 2.82. The maximum absolute atomic E-state index is 11.3. The molecule has 1 aromatic carbocycles. The van der Waals surface area contributed by atoms with E-state index >= 15 is 0 Å². The van der Waals surface area contributed by atoms with E-state index in [0.29, 0.717) is 18.6 Å². The van der Waals surface area contributed by atoms with Gasteiger partial charge in [0.25, 0.3) is 0 Å². The summed E-state index contributed by atoms with van der Waals surface area (Å²) in [6.07, 6.45) is 3.03. The van der Waals surface area contributed by atoms with E-state index in [1.807, 2.05) is 13.0 Å². The van der Waals surface area contributed by atoms with Crippen LogP contribution >= 0.6 is 0 Å². The first kappa shape index (κ1) is 12.8. The predicted octanol–water partition coefficient (Wildman–Crippen LogP) is 3.17.